The van der Waals surface area contributed by atoms with Gasteiger partial charge in [0.25, 0.3) is 0 Å². The Balaban J connectivity index is 2.26. The average molecular weight is 180 g/mol. The number of rotatable bonds is 0. The molecule has 12 heavy (non-hydrogen) atoms. The molecule has 1 heterocycles. The third-order valence-corrected chi connectivity index (χ3v) is 3.33. The van der Waals surface area contributed by atoms with Gasteiger partial charge in [-0.2, -0.15) is 0 Å². The molecule has 1 aromatic carbocycles. The van der Waals surface area contributed by atoms with Crippen molar-refractivity contribution in [3.8, 4) is 0 Å². The largest absolute Gasteiger partial charge is 0.384 e. The zero-order valence-electron chi connectivity index (χ0n) is 6.73. The Bertz CT molecular complexity index is 342. The van der Waals surface area contributed by atoms with Crippen molar-refractivity contribution < 1.29 is 0 Å². The van der Waals surface area contributed by atoms with Crippen LogP contribution in [0.2, 0.25) is 5.02 Å². The van der Waals surface area contributed by atoms with Gasteiger partial charge in [-0.05, 0) is 25.0 Å². The minimum absolute atomic E-state index is 0.424. The van der Waals surface area contributed by atoms with Crippen LogP contribution in [0, 0.1) is 0 Å². The summed E-state index contributed by atoms with van der Waals surface area (Å²) in [5.74, 6) is 0. The topological polar surface area (TPSA) is 12.0 Å². The second-order valence-corrected chi connectivity index (χ2v) is 4.20. The molecule has 0 atom stereocenters. The molecule has 3 rings (SSSR count). The van der Waals surface area contributed by atoms with Gasteiger partial charge in [0.15, 0.2) is 0 Å². The van der Waals surface area contributed by atoms with Gasteiger partial charge >= 0.3 is 0 Å². The van der Waals surface area contributed by atoms with E-state index in [9.17, 15) is 0 Å². The molecular weight excluding hydrogens is 170 g/mol. The summed E-state index contributed by atoms with van der Waals surface area (Å²) in [6.07, 6.45) is 2.60. The highest BCUT2D eigenvalue weighted by atomic mass is 35.5. The van der Waals surface area contributed by atoms with E-state index < -0.39 is 0 Å². The third kappa shape index (κ3) is 0.700. The van der Waals surface area contributed by atoms with Gasteiger partial charge in [0.2, 0.25) is 0 Å². The molecule has 1 nitrogen and oxygen atoms in total. The summed E-state index contributed by atoms with van der Waals surface area (Å²) in [6.45, 7) is 1.09. The fraction of sp³-hybridized carbons (Fsp3) is 0.400. The van der Waals surface area contributed by atoms with Crippen molar-refractivity contribution in [3.05, 3.63) is 28.8 Å². The molecule has 0 aromatic heterocycles. The highest BCUT2D eigenvalue weighted by Crippen LogP contribution is 2.56. The Morgan fingerprint density at radius 1 is 1.33 bits per heavy atom. The van der Waals surface area contributed by atoms with Crippen molar-refractivity contribution in [2.45, 2.75) is 18.3 Å². The van der Waals surface area contributed by atoms with E-state index in [1.807, 2.05) is 12.1 Å². The first kappa shape index (κ1) is 6.79. The lowest BCUT2D eigenvalue weighted by Gasteiger charge is -2.06. The molecule has 1 N–H and O–H groups in total. The van der Waals surface area contributed by atoms with Gasteiger partial charge in [0.05, 0.1) is 0 Å². The van der Waals surface area contributed by atoms with Crippen LogP contribution in [0.15, 0.2) is 18.2 Å². The Morgan fingerprint density at radius 2 is 2.17 bits per heavy atom. The van der Waals surface area contributed by atoms with E-state index in [-0.39, 0.29) is 0 Å². The van der Waals surface area contributed by atoms with Crippen LogP contribution in [0.5, 0.6) is 0 Å². The van der Waals surface area contributed by atoms with E-state index in [0.29, 0.717) is 5.41 Å². The number of benzene rings is 1. The molecule has 0 radical (unpaired) electrons. The minimum Gasteiger partial charge on any atom is -0.384 e. The van der Waals surface area contributed by atoms with Gasteiger partial charge in [-0.1, -0.05) is 17.7 Å². The van der Waals surface area contributed by atoms with Crippen LogP contribution in [0.3, 0.4) is 0 Å². The molecule has 1 fully saturated rings. The normalized spacial score (nSPS) is 22.1. The van der Waals surface area contributed by atoms with Gasteiger partial charge in [-0.15, -0.1) is 0 Å². The van der Waals surface area contributed by atoms with Gasteiger partial charge in [0.1, 0.15) is 0 Å². The van der Waals surface area contributed by atoms with Crippen molar-refractivity contribution in [3.63, 3.8) is 0 Å². The Morgan fingerprint density at radius 3 is 2.92 bits per heavy atom. The second kappa shape index (κ2) is 1.97. The third-order valence-electron chi connectivity index (χ3n) is 3.01. The fourth-order valence-electron chi connectivity index (χ4n) is 2.14. The minimum atomic E-state index is 0.424. The maximum atomic E-state index is 6.15. The van der Waals surface area contributed by atoms with Gasteiger partial charge in [-0.25, -0.2) is 0 Å². The molecule has 2 heteroatoms. The first-order chi connectivity index (χ1) is 5.82. The smallest absolute Gasteiger partial charge is 0.0464 e. The summed E-state index contributed by atoms with van der Waals surface area (Å²) >= 11 is 6.15. The molecule has 1 saturated carbocycles. The van der Waals surface area contributed by atoms with Crippen LogP contribution in [-0.2, 0) is 5.41 Å². The maximum absolute atomic E-state index is 6.15. The lowest BCUT2D eigenvalue weighted by atomic mass is 9.99. The first-order valence-corrected chi connectivity index (χ1v) is 4.73. The van der Waals surface area contributed by atoms with Crippen LogP contribution in [-0.4, -0.2) is 6.54 Å². The van der Waals surface area contributed by atoms with Gasteiger partial charge < -0.3 is 5.32 Å². The van der Waals surface area contributed by atoms with Crippen LogP contribution in [0.25, 0.3) is 0 Å². The fourth-order valence-corrected chi connectivity index (χ4v) is 2.52. The molecule has 1 aromatic rings. The summed E-state index contributed by atoms with van der Waals surface area (Å²) in [5, 5.41) is 4.35. The molecule has 0 amide bonds. The molecule has 62 valence electrons. The summed E-state index contributed by atoms with van der Waals surface area (Å²) in [7, 11) is 0. The predicted octanol–water partition coefficient (Wildman–Crippen LogP) is 2.80. The molecule has 1 spiro atoms. The summed E-state index contributed by atoms with van der Waals surface area (Å²) < 4.78 is 0. The average Bonchev–Trinajstić information content (AvgIpc) is 2.71. The molecule has 0 saturated heterocycles. The summed E-state index contributed by atoms with van der Waals surface area (Å²) in [4.78, 5) is 0. The Hall–Kier alpha value is -0.690. The molecule has 1 aliphatic carbocycles. The summed E-state index contributed by atoms with van der Waals surface area (Å²) in [6, 6.07) is 6.12. The van der Waals surface area contributed by atoms with E-state index in [4.69, 9.17) is 11.6 Å². The van der Waals surface area contributed by atoms with Crippen molar-refractivity contribution in [2.75, 3.05) is 11.9 Å². The lowest BCUT2D eigenvalue weighted by molar-refractivity contribution is 0.778. The zero-order valence-corrected chi connectivity index (χ0v) is 7.49. The van der Waals surface area contributed by atoms with E-state index in [1.54, 1.807) is 0 Å². The quantitative estimate of drug-likeness (QED) is 0.646. The number of hydrogen-bond acceptors (Lipinski definition) is 1. The first-order valence-electron chi connectivity index (χ1n) is 4.35. The van der Waals surface area contributed by atoms with Gasteiger partial charge in [-0.3, -0.25) is 0 Å². The SMILES string of the molecule is Clc1cccc2c1C1(CC1)CN2. The van der Waals surface area contributed by atoms with Crippen LogP contribution in [0.1, 0.15) is 18.4 Å². The molecule has 1 aliphatic heterocycles. The highest BCUT2D eigenvalue weighted by molar-refractivity contribution is 6.32. The van der Waals surface area contributed by atoms with Crippen molar-refractivity contribution in [2.24, 2.45) is 0 Å². The number of fused-ring (bicyclic) bond motifs is 2. The molecule has 0 unspecified atom stereocenters. The van der Waals surface area contributed by atoms with Gasteiger partial charge in [0, 0.05) is 28.2 Å². The Labute approximate surface area is 76.7 Å². The summed E-state index contributed by atoms with van der Waals surface area (Å²) in [5.41, 5.74) is 3.04. The molecule has 2 aliphatic rings. The number of anilines is 1. The standard InChI is InChI=1S/C10H10ClN/c11-7-2-1-3-8-9(7)10(4-5-10)6-12-8/h1-3,12H,4-6H2. The number of nitrogens with one attached hydrogen (secondary N) is 1. The van der Waals surface area contributed by atoms with E-state index >= 15 is 0 Å². The maximum Gasteiger partial charge on any atom is 0.0464 e. The molecular formula is C10H10ClN. The van der Waals surface area contributed by atoms with E-state index in [1.165, 1.54) is 24.1 Å². The monoisotopic (exact) mass is 179 g/mol. The van der Waals surface area contributed by atoms with Crippen LogP contribution < -0.4 is 5.32 Å². The molecule has 0 bridgehead atoms. The number of hydrogen-bond donors (Lipinski definition) is 1. The van der Waals surface area contributed by atoms with Crippen molar-refractivity contribution >= 4 is 17.3 Å². The zero-order chi connectivity index (χ0) is 8.18. The Kier molecular flexibility index (Phi) is 1.11. The van der Waals surface area contributed by atoms with Crippen molar-refractivity contribution in [1.82, 2.24) is 0 Å². The predicted molar refractivity (Wildman–Crippen MR) is 50.9 cm³/mol. The lowest BCUT2D eigenvalue weighted by Crippen LogP contribution is -2.08. The van der Waals surface area contributed by atoms with Crippen LogP contribution in [0.4, 0.5) is 5.69 Å². The highest BCUT2D eigenvalue weighted by Gasteiger charge is 2.49. The second-order valence-electron chi connectivity index (χ2n) is 3.80. The van der Waals surface area contributed by atoms with Crippen LogP contribution >= 0.6 is 11.6 Å². The van der Waals surface area contributed by atoms with E-state index in [2.05, 4.69) is 11.4 Å². The van der Waals surface area contributed by atoms with E-state index in [0.717, 1.165) is 11.6 Å². The number of halogens is 1. The van der Waals surface area contributed by atoms with Crippen molar-refractivity contribution in [1.29, 1.82) is 0 Å².